The van der Waals surface area contributed by atoms with Crippen molar-refractivity contribution in [2.45, 2.75) is 32.1 Å². The van der Waals surface area contributed by atoms with E-state index >= 15 is 0 Å². The van der Waals surface area contributed by atoms with E-state index in [1.807, 2.05) is 0 Å². The third kappa shape index (κ3) is 3.05. The Labute approximate surface area is 129 Å². The highest BCUT2D eigenvalue weighted by molar-refractivity contribution is 6.30. The lowest BCUT2D eigenvalue weighted by Crippen LogP contribution is -2.47. The van der Waals surface area contributed by atoms with Crippen LogP contribution in [0.3, 0.4) is 0 Å². The van der Waals surface area contributed by atoms with Crippen molar-refractivity contribution in [1.29, 1.82) is 0 Å². The van der Waals surface area contributed by atoms with E-state index < -0.39 is 17.4 Å². The first-order valence-corrected chi connectivity index (χ1v) is 7.44. The van der Waals surface area contributed by atoms with Crippen LogP contribution >= 0.6 is 11.6 Å². The summed E-state index contributed by atoms with van der Waals surface area (Å²) in [6.45, 7) is 0. The minimum Gasteiger partial charge on any atom is -0.480 e. The standard InChI is InChI=1S/C16H19ClO4/c1-21-15(20)16(14(18)19,12-6-2-3-7-12)10-11-5-4-8-13(17)9-11/h4-5,8-9,12H,2-3,6-7,10H2,1H3,(H,18,19). The molecule has 1 aromatic carbocycles. The third-order valence-corrected chi connectivity index (χ3v) is 4.59. The number of halogens is 1. The summed E-state index contributed by atoms with van der Waals surface area (Å²) in [5.41, 5.74) is -0.780. The van der Waals surface area contributed by atoms with Crippen LogP contribution in [-0.4, -0.2) is 24.2 Å². The zero-order valence-corrected chi connectivity index (χ0v) is 12.7. The van der Waals surface area contributed by atoms with Crippen LogP contribution in [0.15, 0.2) is 24.3 Å². The van der Waals surface area contributed by atoms with Crippen molar-refractivity contribution in [3.8, 4) is 0 Å². The second kappa shape index (κ2) is 6.48. The van der Waals surface area contributed by atoms with Crippen LogP contribution in [0.1, 0.15) is 31.2 Å². The van der Waals surface area contributed by atoms with E-state index in [9.17, 15) is 14.7 Å². The van der Waals surface area contributed by atoms with Crippen molar-refractivity contribution in [1.82, 2.24) is 0 Å². The topological polar surface area (TPSA) is 63.6 Å². The number of esters is 1. The Hall–Kier alpha value is -1.55. The summed E-state index contributed by atoms with van der Waals surface area (Å²) in [6, 6.07) is 6.98. The maximum Gasteiger partial charge on any atom is 0.323 e. The van der Waals surface area contributed by atoms with E-state index in [1.165, 1.54) is 7.11 Å². The lowest BCUT2D eigenvalue weighted by molar-refractivity contribution is -0.171. The first-order chi connectivity index (χ1) is 10.0. The molecular formula is C16H19ClO4. The highest BCUT2D eigenvalue weighted by atomic mass is 35.5. The fraction of sp³-hybridized carbons (Fsp3) is 0.500. The Kier molecular flexibility index (Phi) is 4.88. The number of carbonyl (C=O) groups is 2. The van der Waals surface area contributed by atoms with Gasteiger partial charge in [-0.05, 0) is 42.9 Å². The van der Waals surface area contributed by atoms with Crippen LogP contribution in [0, 0.1) is 11.3 Å². The van der Waals surface area contributed by atoms with E-state index in [2.05, 4.69) is 0 Å². The number of carboxylic acids is 1. The summed E-state index contributed by atoms with van der Waals surface area (Å²) in [5, 5.41) is 10.3. The molecule has 5 heteroatoms. The predicted octanol–water partition coefficient (Wildman–Crippen LogP) is 3.32. The van der Waals surface area contributed by atoms with Gasteiger partial charge in [0.25, 0.3) is 0 Å². The lowest BCUT2D eigenvalue weighted by Gasteiger charge is -2.32. The molecule has 1 aliphatic carbocycles. The van der Waals surface area contributed by atoms with E-state index in [1.54, 1.807) is 24.3 Å². The molecule has 1 aliphatic rings. The summed E-state index contributed by atoms with van der Waals surface area (Å²) >= 11 is 5.96. The van der Waals surface area contributed by atoms with Gasteiger partial charge in [-0.15, -0.1) is 0 Å². The van der Waals surface area contributed by atoms with Gasteiger partial charge in [-0.2, -0.15) is 0 Å². The van der Waals surface area contributed by atoms with Gasteiger partial charge in [0.15, 0.2) is 5.41 Å². The summed E-state index contributed by atoms with van der Waals surface area (Å²) in [6.07, 6.45) is 3.49. The van der Waals surface area contributed by atoms with Gasteiger partial charge < -0.3 is 9.84 Å². The molecule has 0 heterocycles. The van der Waals surface area contributed by atoms with Crippen molar-refractivity contribution in [2.24, 2.45) is 11.3 Å². The largest absolute Gasteiger partial charge is 0.480 e. The number of benzene rings is 1. The molecule has 114 valence electrons. The number of methoxy groups -OCH3 is 1. The molecule has 0 amide bonds. The number of hydrogen-bond donors (Lipinski definition) is 1. The molecule has 0 aliphatic heterocycles. The minimum absolute atomic E-state index is 0.111. The minimum atomic E-state index is -1.52. The number of rotatable bonds is 5. The van der Waals surface area contributed by atoms with E-state index in [4.69, 9.17) is 16.3 Å². The predicted molar refractivity (Wildman–Crippen MR) is 79.2 cm³/mol. The van der Waals surface area contributed by atoms with Gasteiger partial charge in [0.1, 0.15) is 0 Å². The smallest absolute Gasteiger partial charge is 0.323 e. The van der Waals surface area contributed by atoms with Gasteiger partial charge in [-0.3, -0.25) is 9.59 Å². The first kappa shape index (κ1) is 15.8. The van der Waals surface area contributed by atoms with E-state index in [0.717, 1.165) is 31.2 Å². The quantitative estimate of drug-likeness (QED) is 0.669. The molecule has 1 N–H and O–H groups in total. The molecule has 0 radical (unpaired) electrons. The van der Waals surface area contributed by atoms with E-state index in [0.29, 0.717) is 5.02 Å². The Morgan fingerprint density at radius 2 is 2.05 bits per heavy atom. The number of ether oxygens (including phenoxy) is 1. The van der Waals surface area contributed by atoms with Crippen LogP contribution in [0.4, 0.5) is 0 Å². The normalized spacial score (nSPS) is 18.2. The molecule has 0 aromatic heterocycles. The Morgan fingerprint density at radius 3 is 2.57 bits per heavy atom. The van der Waals surface area contributed by atoms with Gasteiger partial charge >= 0.3 is 11.9 Å². The van der Waals surface area contributed by atoms with Crippen LogP contribution < -0.4 is 0 Å². The van der Waals surface area contributed by atoms with Crippen molar-refractivity contribution in [3.05, 3.63) is 34.9 Å². The maximum absolute atomic E-state index is 12.3. The van der Waals surface area contributed by atoms with Crippen molar-refractivity contribution >= 4 is 23.5 Å². The second-order valence-electron chi connectivity index (χ2n) is 5.56. The average molecular weight is 311 g/mol. The summed E-state index contributed by atoms with van der Waals surface area (Å²) in [5.74, 6) is -1.97. The summed E-state index contributed by atoms with van der Waals surface area (Å²) < 4.78 is 4.84. The molecule has 0 spiro atoms. The molecule has 0 bridgehead atoms. The Balaban J connectivity index is 2.42. The zero-order valence-electron chi connectivity index (χ0n) is 12.0. The van der Waals surface area contributed by atoms with Crippen LogP contribution in [0.5, 0.6) is 0 Å². The average Bonchev–Trinajstić information content (AvgIpc) is 2.98. The number of aliphatic carboxylic acids is 1. The van der Waals surface area contributed by atoms with Crippen molar-refractivity contribution < 1.29 is 19.4 Å². The van der Waals surface area contributed by atoms with Crippen LogP contribution in [-0.2, 0) is 20.7 Å². The SMILES string of the molecule is COC(=O)C(Cc1cccc(Cl)c1)(C(=O)O)C1CCCC1. The molecule has 1 atom stereocenters. The Morgan fingerprint density at radius 1 is 1.38 bits per heavy atom. The van der Waals surface area contributed by atoms with Crippen molar-refractivity contribution in [2.75, 3.05) is 7.11 Å². The third-order valence-electron chi connectivity index (χ3n) is 4.36. The molecule has 1 aromatic rings. The fourth-order valence-electron chi connectivity index (χ4n) is 3.29. The van der Waals surface area contributed by atoms with Crippen molar-refractivity contribution in [3.63, 3.8) is 0 Å². The molecule has 4 nitrogen and oxygen atoms in total. The molecule has 1 fully saturated rings. The van der Waals surface area contributed by atoms with Crippen LogP contribution in [0.25, 0.3) is 0 Å². The van der Waals surface area contributed by atoms with Gasteiger partial charge in [-0.1, -0.05) is 36.6 Å². The highest BCUT2D eigenvalue weighted by Crippen LogP contribution is 2.43. The van der Waals surface area contributed by atoms with E-state index in [-0.39, 0.29) is 12.3 Å². The zero-order chi connectivity index (χ0) is 15.5. The monoisotopic (exact) mass is 310 g/mol. The van der Waals surface area contributed by atoms with Gasteiger partial charge in [0.2, 0.25) is 0 Å². The van der Waals surface area contributed by atoms with Gasteiger partial charge in [-0.25, -0.2) is 0 Å². The highest BCUT2D eigenvalue weighted by Gasteiger charge is 2.54. The van der Waals surface area contributed by atoms with Gasteiger partial charge in [0.05, 0.1) is 7.11 Å². The summed E-state index contributed by atoms with van der Waals surface area (Å²) in [4.78, 5) is 24.3. The molecule has 1 saturated carbocycles. The summed E-state index contributed by atoms with van der Waals surface area (Å²) in [7, 11) is 1.24. The van der Waals surface area contributed by atoms with Gasteiger partial charge in [0, 0.05) is 5.02 Å². The first-order valence-electron chi connectivity index (χ1n) is 7.07. The lowest BCUT2D eigenvalue weighted by atomic mass is 9.70. The fourth-order valence-corrected chi connectivity index (χ4v) is 3.50. The maximum atomic E-state index is 12.3. The molecule has 21 heavy (non-hydrogen) atoms. The molecule has 0 saturated heterocycles. The number of carbonyl (C=O) groups excluding carboxylic acids is 1. The number of carboxylic acid groups (broad SMARTS) is 1. The molecular weight excluding hydrogens is 292 g/mol. The molecule has 1 unspecified atom stereocenters. The van der Waals surface area contributed by atoms with Crippen LogP contribution in [0.2, 0.25) is 5.02 Å². The molecule has 2 rings (SSSR count). The number of hydrogen-bond acceptors (Lipinski definition) is 3. The Bertz CT molecular complexity index is 537. The second-order valence-corrected chi connectivity index (χ2v) is 5.99.